The van der Waals surface area contributed by atoms with Gasteiger partial charge in [-0.1, -0.05) is 5.16 Å². The van der Waals surface area contributed by atoms with E-state index in [0.29, 0.717) is 44.5 Å². The second-order valence-electron chi connectivity index (χ2n) is 8.30. The van der Waals surface area contributed by atoms with Crippen LogP contribution in [0.1, 0.15) is 38.5 Å². The Labute approximate surface area is 187 Å². The van der Waals surface area contributed by atoms with Crippen molar-refractivity contribution >= 4 is 12.0 Å². The Bertz CT molecular complexity index is 897. The molecule has 172 valence electrons. The summed E-state index contributed by atoms with van der Waals surface area (Å²) in [5.74, 6) is 1.09. The first-order valence-electron chi connectivity index (χ1n) is 11.3. The molecule has 0 spiro atoms. The Balaban J connectivity index is 1.25. The van der Waals surface area contributed by atoms with Crippen LogP contribution in [0.3, 0.4) is 0 Å². The van der Waals surface area contributed by atoms with Crippen LogP contribution in [0, 0.1) is 5.92 Å². The molecule has 2 aromatic heterocycles. The monoisotopic (exact) mass is 442 g/mol. The summed E-state index contributed by atoms with van der Waals surface area (Å²) in [6, 6.07) is 3.82. The van der Waals surface area contributed by atoms with Crippen LogP contribution in [0.2, 0.25) is 0 Å². The number of pyridine rings is 1. The minimum atomic E-state index is -0.270. The molecule has 0 radical (unpaired) electrons. The first-order chi connectivity index (χ1) is 15.6. The van der Waals surface area contributed by atoms with Gasteiger partial charge in [0.1, 0.15) is 0 Å². The van der Waals surface area contributed by atoms with Gasteiger partial charge in [-0.3, -0.25) is 14.7 Å². The van der Waals surface area contributed by atoms with E-state index in [4.69, 9.17) is 9.26 Å². The van der Waals surface area contributed by atoms with Gasteiger partial charge in [-0.25, -0.2) is 4.79 Å². The van der Waals surface area contributed by atoms with Crippen molar-refractivity contribution in [2.75, 3.05) is 32.8 Å². The predicted octanol–water partition coefficient (Wildman–Crippen LogP) is 2.08. The lowest BCUT2D eigenvalue weighted by molar-refractivity contribution is -0.127. The summed E-state index contributed by atoms with van der Waals surface area (Å²) in [5.41, 5.74) is 0.812. The van der Waals surface area contributed by atoms with Gasteiger partial charge in [0, 0.05) is 43.6 Å². The van der Waals surface area contributed by atoms with E-state index >= 15 is 0 Å². The number of carbonyl (C=O) groups is 2. The topological polar surface area (TPSA) is 114 Å². The van der Waals surface area contributed by atoms with Crippen molar-refractivity contribution in [3.8, 4) is 11.4 Å². The van der Waals surface area contributed by atoms with Crippen LogP contribution in [-0.4, -0.2) is 75.8 Å². The summed E-state index contributed by atoms with van der Waals surface area (Å²) in [7, 11) is 0. The molecule has 10 nitrogen and oxygen atoms in total. The van der Waals surface area contributed by atoms with Gasteiger partial charge in [0.2, 0.25) is 17.6 Å². The fourth-order valence-corrected chi connectivity index (χ4v) is 4.28. The minimum Gasteiger partial charge on any atom is -0.450 e. The van der Waals surface area contributed by atoms with Crippen LogP contribution in [0.4, 0.5) is 4.79 Å². The van der Waals surface area contributed by atoms with Gasteiger partial charge in [-0.2, -0.15) is 4.98 Å². The zero-order chi connectivity index (χ0) is 22.3. The van der Waals surface area contributed by atoms with E-state index in [1.54, 1.807) is 24.2 Å². The molecule has 32 heavy (non-hydrogen) atoms. The molecule has 1 N–H and O–H groups in total. The molecular formula is C22H30N6O4. The third-order valence-corrected chi connectivity index (χ3v) is 5.99. The highest BCUT2D eigenvalue weighted by molar-refractivity contribution is 5.79. The molecular weight excluding hydrogens is 412 g/mol. The quantitative estimate of drug-likeness (QED) is 0.723. The molecule has 0 aromatic carbocycles. The van der Waals surface area contributed by atoms with Crippen molar-refractivity contribution in [1.82, 2.24) is 30.2 Å². The second-order valence-corrected chi connectivity index (χ2v) is 8.30. The molecule has 4 rings (SSSR count). The fraction of sp³-hybridized carbons (Fsp3) is 0.591. The van der Waals surface area contributed by atoms with E-state index in [1.165, 1.54) is 0 Å². The lowest BCUT2D eigenvalue weighted by Gasteiger charge is -2.34. The number of aromatic nitrogens is 3. The maximum absolute atomic E-state index is 12.9. The van der Waals surface area contributed by atoms with Gasteiger partial charge in [0.05, 0.1) is 19.1 Å². The summed E-state index contributed by atoms with van der Waals surface area (Å²) < 4.78 is 10.5. The van der Waals surface area contributed by atoms with Crippen molar-refractivity contribution < 1.29 is 18.8 Å². The van der Waals surface area contributed by atoms with E-state index in [2.05, 4.69) is 25.3 Å². The molecule has 0 unspecified atom stereocenters. The number of rotatable bonds is 6. The maximum Gasteiger partial charge on any atom is 0.409 e. The number of piperidine rings is 2. The summed E-state index contributed by atoms with van der Waals surface area (Å²) in [6.07, 6.45) is 6.45. The van der Waals surface area contributed by atoms with Crippen molar-refractivity contribution in [2.45, 2.75) is 45.2 Å². The first kappa shape index (κ1) is 22.2. The standard InChI is InChI=1S/C22H30N6O4/c1-2-31-22(30)28-11-7-18(8-12-28)24-21(29)17-6-4-10-27(14-17)15-19-25-20(26-32-19)16-5-3-9-23-13-16/h3,5,9,13,17-18H,2,4,6-8,10-12,14-15H2,1H3,(H,24,29)/t17-/m0/s1. The highest BCUT2D eigenvalue weighted by Crippen LogP contribution is 2.21. The molecule has 2 amide bonds. The van der Waals surface area contributed by atoms with Gasteiger partial charge in [-0.15, -0.1) is 0 Å². The minimum absolute atomic E-state index is 0.0625. The van der Waals surface area contributed by atoms with Crippen LogP contribution in [0.5, 0.6) is 0 Å². The summed E-state index contributed by atoms with van der Waals surface area (Å²) in [4.78, 5) is 37.2. The van der Waals surface area contributed by atoms with Crippen LogP contribution in [0.15, 0.2) is 29.0 Å². The van der Waals surface area contributed by atoms with E-state index < -0.39 is 0 Å². The number of nitrogens with one attached hydrogen (secondary N) is 1. The number of hydrogen-bond donors (Lipinski definition) is 1. The van der Waals surface area contributed by atoms with Crippen molar-refractivity contribution in [3.63, 3.8) is 0 Å². The number of hydrogen-bond acceptors (Lipinski definition) is 8. The van der Waals surface area contributed by atoms with Crippen LogP contribution in [0.25, 0.3) is 11.4 Å². The number of likely N-dealkylation sites (tertiary alicyclic amines) is 2. The fourth-order valence-electron chi connectivity index (χ4n) is 4.28. The second kappa shape index (κ2) is 10.5. The van der Waals surface area contributed by atoms with Gasteiger partial charge < -0.3 is 19.5 Å². The summed E-state index contributed by atoms with van der Waals surface area (Å²) in [5, 5.41) is 7.23. The lowest BCUT2D eigenvalue weighted by atomic mass is 9.96. The average Bonchev–Trinajstić information content (AvgIpc) is 3.29. The van der Waals surface area contributed by atoms with E-state index in [1.807, 2.05) is 12.1 Å². The molecule has 2 aromatic rings. The van der Waals surface area contributed by atoms with Gasteiger partial charge >= 0.3 is 6.09 Å². The molecule has 1 atom stereocenters. The molecule has 2 fully saturated rings. The van der Waals surface area contributed by atoms with Crippen LogP contribution in [-0.2, 0) is 16.1 Å². The SMILES string of the molecule is CCOC(=O)N1CCC(NC(=O)[C@H]2CCCN(Cc3nc(-c4cccnc4)no3)C2)CC1. The Kier molecular flexibility index (Phi) is 7.31. The largest absolute Gasteiger partial charge is 0.450 e. The Morgan fingerprint density at radius 1 is 1.25 bits per heavy atom. The molecule has 4 heterocycles. The van der Waals surface area contributed by atoms with E-state index in [-0.39, 0.29) is 24.0 Å². The van der Waals surface area contributed by atoms with Crippen molar-refractivity contribution in [1.29, 1.82) is 0 Å². The Hall–Kier alpha value is -3.01. The zero-order valence-corrected chi connectivity index (χ0v) is 18.4. The highest BCUT2D eigenvalue weighted by atomic mass is 16.6. The maximum atomic E-state index is 12.9. The normalized spacial score (nSPS) is 20.2. The molecule has 0 bridgehead atoms. The molecule has 0 aliphatic carbocycles. The predicted molar refractivity (Wildman–Crippen MR) is 115 cm³/mol. The van der Waals surface area contributed by atoms with E-state index in [9.17, 15) is 9.59 Å². The van der Waals surface area contributed by atoms with E-state index in [0.717, 1.165) is 37.8 Å². The zero-order valence-electron chi connectivity index (χ0n) is 18.4. The van der Waals surface area contributed by atoms with Crippen LogP contribution < -0.4 is 5.32 Å². The van der Waals surface area contributed by atoms with Gasteiger partial charge in [0.25, 0.3) is 0 Å². The summed E-state index contributed by atoms with van der Waals surface area (Å²) >= 11 is 0. The van der Waals surface area contributed by atoms with Gasteiger partial charge in [-0.05, 0) is 51.3 Å². The molecule has 2 aliphatic heterocycles. The van der Waals surface area contributed by atoms with Crippen LogP contribution >= 0.6 is 0 Å². The molecule has 0 saturated carbocycles. The number of amides is 2. The smallest absolute Gasteiger partial charge is 0.409 e. The Morgan fingerprint density at radius 3 is 2.84 bits per heavy atom. The number of ether oxygens (including phenoxy) is 1. The number of carbonyl (C=O) groups excluding carboxylic acids is 2. The highest BCUT2D eigenvalue weighted by Gasteiger charge is 2.30. The van der Waals surface area contributed by atoms with Crippen molar-refractivity contribution in [3.05, 3.63) is 30.4 Å². The first-order valence-corrected chi connectivity index (χ1v) is 11.3. The lowest BCUT2D eigenvalue weighted by Crippen LogP contribution is -2.50. The summed E-state index contributed by atoms with van der Waals surface area (Å²) in [6.45, 7) is 5.48. The molecule has 2 aliphatic rings. The third-order valence-electron chi connectivity index (χ3n) is 5.99. The average molecular weight is 443 g/mol. The number of nitrogens with zero attached hydrogens (tertiary/aromatic N) is 5. The van der Waals surface area contributed by atoms with Gasteiger partial charge in [0.15, 0.2) is 0 Å². The Morgan fingerprint density at radius 2 is 2.09 bits per heavy atom. The molecule has 10 heteroatoms. The molecule has 2 saturated heterocycles. The third kappa shape index (κ3) is 5.61. The van der Waals surface area contributed by atoms with Crippen molar-refractivity contribution in [2.24, 2.45) is 5.92 Å².